The van der Waals surface area contributed by atoms with Crippen LogP contribution in [0.5, 0.6) is 0 Å². The maximum atomic E-state index is 14.4. The van der Waals surface area contributed by atoms with Gasteiger partial charge >= 0.3 is 0 Å². The molecule has 0 heterocycles. The van der Waals surface area contributed by atoms with E-state index in [1.165, 1.54) is 33.4 Å². The highest BCUT2D eigenvalue weighted by Crippen LogP contribution is 2.82. The molecule has 1 amide bonds. The summed E-state index contributed by atoms with van der Waals surface area (Å²) in [7, 11) is 0. The SMILES string of the molecule is NC(=O)C(C1(c2ccc(CS)cc2)CC1)(C1(c2ccc(CS)cc2)CC1)C1(c2ccc(CS)cc2)CC1. The molecule has 2 N–H and O–H groups in total. The number of carbonyl (C=O) groups is 1. The molecule has 0 atom stereocenters. The number of thiol groups is 3. The molecule has 3 aromatic rings. The summed E-state index contributed by atoms with van der Waals surface area (Å²) in [6, 6.07) is 26.5. The molecular weight excluding hydrogens is 511 g/mol. The standard InChI is InChI=1S/C32H35NOS3/c33-28(34)32(29(13-14-29)25-7-1-22(19-35)2-8-25,30(15-16-30)26-9-3-23(20-36)4-10-26)31(17-18-31)27-11-5-24(21-37)6-12-27/h1-12,35-37H,13-21H2,(H2,33,34). The van der Waals surface area contributed by atoms with Crippen LogP contribution < -0.4 is 5.73 Å². The third kappa shape index (κ3) is 3.53. The first-order valence-electron chi connectivity index (χ1n) is 13.3. The molecule has 0 spiro atoms. The number of benzene rings is 3. The number of rotatable bonds is 10. The number of hydrogen-bond donors (Lipinski definition) is 4. The van der Waals surface area contributed by atoms with Crippen LogP contribution in [0.4, 0.5) is 0 Å². The third-order valence-electron chi connectivity index (χ3n) is 9.84. The molecule has 3 aromatic carbocycles. The zero-order valence-electron chi connectivity index (χ0n) is 21.1. The number of carbonyl (C=O) groups excluding carboxylic acids is 1. The smallest absolute Gasteiger partial charge is 0.226 e. The summed E-state index contributed by atoms with van der Waals surface area (Å²) < 4.78 is 0. The third-order valence-corrected chi connectivity index (χ3v) is 10.9. The predicted molar refractivity (Wildman–Crippen MR) is 162 cm³/mol. The Hall–Kier alpha value is -1.82. The van der Waals surface area contributed by atoms with Crippen molar-refractivity contribution in [1.82, 2.24) is 0 Å². The Labute approximate surface area is 237 Å². The lowest BCUT2D eigenvalue weighted by molar-refractivity contribution is -0.136. The van der Waals surface area contributed by atoms with Crippen LogP contribution in [-0.4, -0.2) is 5.91 Å². The van der Waals surface area contributed by atoms with Gasteiger partial charge in [-0.2, -0.15) is 37.9 Å². The van der Waals surface area contributed by atoms with Crippen molar-refractivity contribution in [2.45, 2.75) is 72.0 Å². The number of primary amides is 1. The quantitative estimate of drug-likeness (QED) is 0.205. The fraction of sp³-hybridized carbons (Fsp3) is 0.406. The average molecular weight is 546 g/mol. The van der Waals surface area contributed by atoms with Crippen molar-refractivity contribution >= 4 is 43.8 Å². The summed E-state index contributed by atoms with van der Waals surface area (Å²) in [5.74, 6) is 1.99. The molecule has 3 fully saturated rings. The molecule has 3 aliphatic carbocycles. The van der Waals surface area contributed by atoms with Gasteiger partial charge in [0.05, 0.1) is 5.41 Å². The van der Waals surface area contributed by atoms with Gasteiger partial charge in [-0.1, -0.05) is 72.8 Å². The van der Waals surface area contributed by atoms with Crippen molar-refractivity contribution in [3.63, 3.8) is 0 Å². The Balaban J connectivity index is 1.60. The minimum atomic E-state index is -0.708. The normalized spacial score (nSPS) is 20.3. The van der Waals surface area contributed by atoms with Gasteiger partial charge < -0.3 is 5.73 Å². The molecule has 0 aliphatic heterocycles. The molecule has 3 aliphatic rings. The van der Waals surface area contributed by atoms with Crippen molar-refractivity contribution in [2.75, 3.05) is 0 Å². The Morgan fingerprint density at radius 1 is 0.568 bits per heavy atom. The highest BCUT2D eigenvalue weighted by atomic mass is 32.1. The van der Waals surface area contributed by atoms with E-state index in [1.807, 2.05) is 0 Å². The molecule has 0 aromatic heterocycles. The molecule has 0 bridgehead atoms. The Bertz CT molecular complexity index is 1150. The molecule has 2 nitrogen and oxygen atoms in total. The summed E-state index contributed by atoms with van der Waals surface area (Å²) in [4.78, 5) is 14.4. The van der Waals surface area contributed by atoms with Crippen molar-refractivity contribution in [1.29, 1.82) is 0 Å². The summed E-state index contributed by atoms with van der Waals surface area (Å²) >= 11 is 13.4. The molecule has 0 saturated heterocycles. The van der Waals surface area contributed by atoms with E-state index in [0.717, 1.165) is 38.5 Å². The molecule has 37 heavy (non-hydrogen) atoms. The lowest BCUT2D eigenvalue weighted by Crippen LogP contribution is -2.61. The van der Waals surface area contributed by atoms with Crippen molar-refractivity contribution in [3.8, 4) is 0 Å². The van der Waals surface area contributed by atoms with Crippen LogP contribution in [0, 0.1) is 5.41 Å². The van der Waals surface area contributed by atoms with Crippen LogP contribution in [0.25, 0.3) is 0 Å². The summed E-state index contributed by atoms with van der Waals surface area (Å²) in [6.45, 7) is 0. The van der Waals surface area contributed by atoms with Gasteiger partial charge in [-0.05, 0) is 71.9 Å². The van der Waals surface area contributed by atoms with E-state index in [2.05, 4.69) is 111 Å². The minimum absolute atomic E-state index is 0.130. The van der Waals surface area contributed by atoms with Crippen LogP contribution >= 0.6 is 37.9 Å². The van der Waals surface area contributed by atoms with Crippen molar-refractivity contribution in [3.05, 3.63) is 106 Å². The highest BCUT2D eigenvalue weighted by molar-refractivity contribution is 7.79. The fourth-order valence-electron chi connectivity index (χ4n) is 7.88. The topological polar surface area (TPSA) is 43.1 Å². The van der Waals surface area contributed by atoms with E-state index in [-0.39, 0.29) is 22.2 Å². The fourth-order valence-corrected chi connectivity index (χ4v) is 8.52. The molecule has 3 saturated carbocycles. The van der Waals surface area contributed by atoms with Gasteiger partial charge in [-0.3, -0.25) is 4.79 Å². The van der Waals surface area contributed by atoms with Gasteiger partial charge in [-0.25, -0.2) is 0 Å². The summed E-state index contributed by atoms with van der Waals surface area (Å²) in [6.07, 6.45) is 5.94. The lowest BCUT2D eigenvalue weighted by Gasteiger charge is -2.52. The van der Waals surface area contributed by atoms with Crippen LogP contribution in [-0.2, 0) is 38.3 Å². The molecule has 5 heteroatoms. The van der Waals surface area contributed by atoms with Gasteiger partial charge in [0.25, 0.3) is 0 Å². The second-order valence-electron chi connectivity index (χ2n) is 11.4. The summed E-state index contributed by atoms with van der Waals surface area (Å²) in [5, 5.41) is 0. The van der Waals surface area contributed by atoms with Crippen LogP contribution in [0.1, 0.15) is 71.9 Å². The number of hydrogen-bond acceptors (Lipinski definition) is 4. The van der Waals surface area contributed by atoms with Crippen LogP contribution in [0.2, 0.25) is 0 Å². The largest absolute Gasteiger partial charge is 0.369 e. The second kappa shape index (κ2) is 9.14. The molecule has 192 valence electrons. The van der Waals surface area contributed by atoms with E-state index in [4.69, 9.17) is 5.73 Å². The monoisotopic (exact) mass is 545 g/mol. The summed E-state index contributed by atoms with van der Waals surface area (Å²) in [5.41, 5.74) is 12.6. The first-order valence-corrected chi connectivity index (χ1v) is 15.2. The molecule has 0 radical (unpaired) electrons. The van der Waals surface area contributed by atoms with E-state index in [0.29, 0.717) is 17.3 Å². The van der Waals surface area contributed by atoms with E-state index >= 15 is 0 Å². The van der Waals surface area contributed by atoms with E-state index < -0.39 is 5.41 Å². The minimum Gasteiger partial charge on any atom is -0.369 e. The maximum Gasteiger partial charge on any atom is 0.226 e. The van der Waals surface area contributed by atoms with Crippen LogP contribution in [0.3, 0.4) is 0 Å². The zero-order valence-corrected chi connectivity index (χ0v) is 23.8. The highest BCUT2D eigenvalue weighted by Gasteiger charge is 2.84. The first-order chi connectivity index (χ1) is 17.9. The van der Waals surface area contributed by atoms with Gasteiger partial charge in [0.1, 0.15) is 0 Å². The maximum absolute atomic E-state index is 14.4. The number of nitrogens with two attached hydrogens (primary N) is 1. The first kappa shape index (κ1) is 25.5. The van der Waals surface area contributed by atoms with Crippen LogP contribution in [0.15, 0.2) is 72.8 Å². The Morgan fingerprint density at radius 3 is 0.973 bits per heavy atom. The van der Waals surface area contributed by atoms with Gasteiger partial charge in [0.2, 0.25) is 5.91 Å². The number of amides is 1. The molecule has 6 rings (SSSR count). The lowest BCUT2D eigenvalue weighted by atomic mass is 9.48. The van der Waals surface area contributed by atoms with Gasteiger partial charge in [0.15, 0.2) is 0 Å². The van der Waals surface area contributed by atoms with Crippen molar-refractivity contribution < 1.29 is 4.79 Å². The Kier molecular flexibility index (Phi) is 6.29. The predicted octanol–water partition coefficient (Wildman–Crippen LogP) is 6.94. The Morgan fingerprint density at radius 2 is 0.811 bits per heavy atom. The van der Waals surface area contributed by atoms with Gasteiger partial charge in [0, 0.05) is 33.5 Å². The van der Waals surface area contributed by atoms with E-state index in [1.54, 1.807) is 0 Å². The average Bonchev–Trinajstić information content (AvgIpc) is 3.81. The molecular formula is C32H35NOS3. The molecule has 0 unspecified atom stereocenters. The second-order valence-corrected chi connectivity index (χ2v) is 12.4. The zero-order chi connectivity index (χ0) is 25.9. The van der Waals surface area contributed by atoms with E-state index in [9.17, 15) is 4.79 Å². The van der Waals surface area contributed by atoms with Crippen molar-refractivity contribution in [2.24, 2.45) is 11.1 Å². The van der Waals surface area contributed by atoms with Gasteiger partial charge in [-0.15, -0.1) is 0 Å².